The third-order valence-corrected chi connectivity index (χ3v) is 3.54. The summed E-state index contributed by atoms with van der Waals surface area (Å²) < 4.78 is 10.8. The average Bonchev–Trinajstić information content (AvgIpc) is 2.61. The lowest BCUT2D eigenvalue weighted by molar-refractivity contribution is -0.122. The minimum absolute atomic E-state index is 0.0134. The van der Waals surface area contributed by atoms with Crippen molar-refractivity contribution in [2.45, 2.75) is 39.7 Å². The van der Waals surface area contributed by atoms with Gasteiger partial charge in [-0.2, -0.15) is 0 Å². The lowest BCUT2D eigenvalue weighted by Crippen LogP contribution is -2.28. The van der Waals surface area contributed by atoms with Gasteiger partial charge in [0.2, 0.25) is 5.91 Å². The summed E-state index contributed by atoms with van der Waals surface area (Å²) >= 11 is 0. The highest BCUT2D eigenvalue weighted by Gasteiger charge is 2.00. The first-order valence-corrected chi connectivity index (χ1v) is 8.97. The summed E-state index contributed by atoms with van der Waals surface area (Å²) in [5.41, 5.74) is 2.65. The molecule has 0 fully saturated rings. The smallest absolute Gasteiger partial charge is 0.222 e. The fourth-order valence-electron chi connectivity index (χ4n) is 2.20. The van der Waals surface area contributed by atoms with Crippen LogP contribution < -0.4 is 10.6 Å². The second-order valence-electron chi connectivity index (χ2n) is 5.67. The Morgan fingerprint density at radius 2 is 1.75 bits per heavy atom. The Bertz CT molecular complexity index is 452. The van der Waals surface area contributed by atoms with Gasteiger partial charge in [-0.05, 0) is 24.0 Å². The number of benzene rings is 1. The molecule has 1 rings (SSSR count). The molecule has 0 unspecified atom stereocenters. The highest BCUT2D eigenvalue weighted by Crippen LogP contribution is 2.05. The van der Waals surface area contributed by atoms with E-state index in [2.05, 4.69) is 48.7 Å². The Hall–Kier alpha value is -1.43. The number of rotatable bonds is 14. The summed E-state index contributed by atoms with van der Waals surface area (Å²) in [7, 11) is 0. The molecule has 2 N–H and O–H groups in total. The topological polar surface area (TPSA) is 59.6 Å². The van der Waals surface area contributed by atoms with Crippen LogP contribution >= 0.6 is 0 Å². The van der Waals surface area contributed by atoms with Gasteiger partial charge in [0, 0.05) is 32.7 Å². The lowest BCUT2D eigenvalue weighted by atomic mass is 10.1. The Morgan fingerprint density at radius 3 is 2.54 bits per heavy atom. The van der Waals surface area contributed by atoms with Gasteiger partial charge in [0.05, 0.1) is 19.8 Å². The van der Waals surface area contributed by atoms with Crippen LogP contribution in [0.25, 0.3) is 0 Å². The van der Waals surface area contributed by atoms with Crippen molar-refractivity contribution in [1.82, 2.24) is 10.6 Å². The number of amides is 1. The van der Waals surface area contributed by atoms with Gasteiger partial charge in [0.1, 0.15) is 0 Å². The molecule has 0 aromatic heterocycles. The van der Waals surface area contributed by atoms with Gasteiger partial charge in [0.15, 0.2) is 0 Å². The average molecular weight is 336 g/mol. The molecule has 1 aromatic rings. The van der Waals surface area contributed by atoms with Crippen LogP contribution in [0.15, 0.2) is 24.3 Å². The normalized spacial score (nSPS) is 10.8. The predicted molar refractivity (Wildman–Crippen MR) is 97.1 cm³/mol. The first kappa shape index (κ1) is 20.6. The van der Waals surface area contributed by atoms with E-state index in [1.54, 1.807) is 0 Å². The Kier molecular flexibility index (Phi) is 12.0. The predicted octanol–water partition coefficient (Wildman–Crippen LogP) is 2.29. The maximum Gasteiger partial charge on any atom is 0.222 e. The SMILES string of the molecule is CCCOCCNC(=O)CCOCCNCc1cccc(CC)c1. The molecule has 0 heterocycles. The molecule has 0 radical (unpaired) electrons. The summed E-state index contributed by atoms with van der Waals surface area (Å²) in [4.78, 5) is 11.5. The molecule has 0 bridgehead atoms. The standard InChI is InChI=1S/C19H32N2O3/c1-3-11-23-14-10-21-19(22)8-12-24-13-9-20-16-18-7-5-6-17(4-2)15-18/h5-7,15,20H,3-4,8-14,16H2,1-2H3,(H,21,22). The van der Waals surface area contributed by atoms with Crippen LogP contribution in [0.4, 0.5) is 0 Å². The van der Waals surface area contributed by atoms with Gasteiger partial charge in [-0.25, -0.2) is 0 Å². The van der Waals surface area contributed by atoms with Crippen LogP contribution in [0.2, 0.25) is 0 Å². The molecule has 0 atom stereocenters. The summed E-state index contributed by atoms with van der Waals surface area (Å²) in [6, 6.07) is 8.59. The summed E-state index contributed by atoms with van der Waals surface area (Å²) in [5.74, 6) is 0.0134. The number of nitrogens with one attached hydrogen (secondary N) is 2. The minimum Gasteiger partial charge on any atom is -0.380 e. The molecule has 5 heteroatoms. The van der Waals surface area contributed by atoms with Crippen molar-refractivity contribution in [2.24, 2.45) is 0 Å². The zero-order chi connectivity index (χ0) is 17.5. The van der Waals surface area contributed by atoms with Gasteiger partial charge < -0.3 is 20.1 Å². The molecule has 0 saturated heterocycles. The molecule has 0 aliphatic heterocycles. The number of carbonyl (C=O) groups excluding carboxylic acids is 1. The zero-order valence-corrected chi connectivity index (χ0v) is 15.1. The highest BCUT2D eigenvalue weighted by molar-refractivity contribution is 5.75. The summed E-state index contributed by atoms with van der Waals surface area (Å²) in [6.45, 7) is 8.80. The second kappa shape index (κ2) is 14.0. The monoisotopic (exact) mass is 336 g/mol. The van der Waals surface area contributed by atoms with Crippen molar-refractivity contribution in [2.75, 3.05) is 39.5 Å². The molecule has 24 heavy (non-hydrogen) atoms. The third-order valence-electron chi connectivity index (χ3n) is 3.54. The maximum atomic E-state index is 11.5. The summed E-state index contributed by atoms with van der Waals surface area (Å²) in [5, 5.41) is 6.17. The van der Waals surface area contributed by atoms with Crippen molar-refractivity contribution in [3.63, 3.8) is 0 Å². The largest absolute Gasteiger partial charge is 0.380 e. The first-order chi connectivity index (χ1) is 11.8. The first-order valence-electron chi connectivity index (χ1n) is 8.97. The molecule has 0 aliphatic carbocycles. The minimum atomic E-state index is 0.0134. The van der Waals surface area contributed by atoms with E-state index in [0.29, 0.717) is 32.8 Å². The van der Waals surface area contributed by atoms with Crippen LogP contribution in [0.5, 0.6) is 0 Å². The molecule has 0 aliphatic rings. The molecular formula is C19H32N2O3. The van der Waals surface area contributed by atoms with Gasteiger partial charge >= 0.3 is 0 Å². The quantitative estimate of drug-likeness (QED) is 0.512. The molecule has 1 amide bonds. The maximum absolute atomic E-state index is 11.5. The van der Waals surface area contributed by atoms with Gasteiger partial charge in [-0.15, -0.1) is 0 Å². The second-order valence-corrected chi connectivity index (χ2v) is 5.67. The van der Waals surface area contributed by atoms with Gasteiger partial charge in [-0.1, -0.05) is 38.1 Å². The lowest BCUT2D eigenvalue weighted by Gasteiger charge is -2.08. The highest BCUT2D eigenvalue weighted by atomic mass is 16.5. The molecule has 0 saturated carbocycles. The van der Waals surface area contributed by atoms with Crippen molar-refractivity contribution in [3.05, 3.63) is 35.4 Å². The molecule has 1 aromatic carbocycles. The van der Waals surface area contributed by atoms with Crippen molar-refractivity contribution >= 4 is 5.91 Å². The number of carbonyl (C=O) groups is 1. The third kappa shape index (κ3) is 10.4. The fraction of sp³-hybridized carbons (Fsp3) is 0.632. The van der Waals surface area contributed by atoms with Crippen LogP contribution in [-0.2, 0) is 27.2 Å². The number of hydrogen-bond donors (Lipinski definition) is 2. The van der Waals surface area contributed by atoms with Crippen molar-refractivity contribution in [1.29, 1.82) is 0 Å². The van der Waals surface area contributed by atoms with Crippen LogP contribution in [0, 0.1) is 0 Å². The van der Waals surface area contributed by atoms with Crippen molar-refractivity contribution < 1.29 is 14.3 Å². The van der Waals surface area contributed by atoms with Crippen LogP contribution in [0.3, 0.4) is 0 Å². The summed E-state index contributed by atoms with van der Waals surface area (Å²) in [6.07, 6.45) is 2.45. The van der Waals surface area contributed by atoms with E-state index >= 15 is 0 Å². The van der Waals surface area contributed by atoms with E-state index in [-0.39, 0.29) is 5.91 Å². The van der Waals surface area contributed by atoms with Crippen molar-refractivity contribution in [3.8, 4) is 0 Å². The Labute approximate surface area is 146 Å². The number of ether oxygens (including phenoxy) is 2. The van der Waals surface area contributed by atoms with E-state index in [4.69, 9.17) is 9.47 Å². The van der Waals surface area contributed by atoms with E-state index in [1.165, 1.54) is 11.1 Å². The molecule has 5 nitrogen and oxygen atoms in total. The van der Waals surface area contributed by atoms with Crippen LogP contribution in [0.1, 0.15) is 37.8 Å². The Balaban J connectivity index is 1.93. The number of aryl methyl sites for hydroxylation is 1. The van der Waals surface area contributed by atoms with Crippen LogP contribution in [-0.4, -0.2) is 45.4 Å². The number of hydrogen-bond acceptors (Lipinski definition) is 4. The fourth-order valence-corrected chi connectivity index (χ4v) is 2.20. The zero-order valence-electron chi connectivity index (χ0n) is 15.1. The molecule has 0 spiro atoms. The van der Waals surface area contributed by atoms with Gasteiger partial charge in [0.25, 0.3) is 0 Å². The van der Waals surface area contributed by atoms with E-state index in [9.17, 15) is 4.79 Å². The molecule has 136 valence electrons. The van der Waals surface area contributed by atoms with Gasteiger partial charge in [-0.3, -0.25) is 4.79 Å². The van der Waals surface area contributed by atoms with E-state index in [0.717, 1.165) is 32.5 Å². The molecular weight excluding hydrogens is 304 g/mol. The van der Waals surface area contributed by atoms with E-state index in [1.807, 2.05) is 0 Å². The Morgan fingerprint density at radius 1 is 1.00 bits per heavy atom. The van der Waals surface area contributed by atoms with E-state index < -0.39 is 0 Å².